The number of nitro groups is 1. The Morgan fingerprint density at radius 2 is 1.91 bits per heavy atom. The molecular weight excluding hydrogens is 310 g/mol. The van der Waals surface area contributed by atoms with Crippen LogP contribution >= 0.6 is 11.8 Å². The van der Waals surface area contributed by atoms with Crippen molar-refractivity contribution in [3.05, 3.63) is 32.7 Å². The molecule has 9 heteroatoms. The number of ether oxygens (including phenoxy) is 1. The third-order valence-electron chi connectivity index (χ3n) is 3.20. The largest absolute Gasteiger partial charge is 0.465 e. The van der Waals surface area contributed by atoms with Gasteiger partial charge < -0.3 is 4.74 Å². The second-order valence-corrected chi connectivity index (χ2v) is 5.58. The molecule has 0 saturated carbocycles. The lowest BCUT2D eigenvalue weighted by Crippen LogP contribution is -2.19. The summed E-state index contributed by atoms with van der Waals surface area (Å²) in [6, 6.07) is 2.91. The molecule has 118 valence electrons. The van der Waals surface area contributed by atoms with Gasteiger partial charge in [0.2, 0.25) is 0 Å². The fraction of sp³-hybridized carbons (Fsp3) is 0.385. The van der Waals surface area contributed by atoms with Gasteiger partial charge in [0, 0.05) is 20.2 Å². The Labute approximate surface area is 129 Å². The molecule has 8 nitrogen and oxygen atoms in total. The maximum Gasteiger partial charge on any atom is 0.328 e. The number of aryl methyl sites for hydroxylation is 2. The van der Waals surface area contributed by atoms with Crippen LogP contribution in [0.3, 0.4) is 0 Å². The molecule has 0 saturated heterocycles. The molecule has 0 bridgehead atoms. The first kappa shape index (κ1) is 16.1. The van der Waals surface area contributed by atoms with E-state index in [9.17, 15) is 19.7 Å². The molecule has 1 heterocycles. The van der Waals surface area contributed by atoms with Crippen LogP contribution in [0.4, 0.5) is 5.69 Å². The summed E-state index contributed by atoms with van der Waals surface area (Å²) in [5.74, 6) is -0.468. The summed E-state index contributed by atoms with van der Waals surface area (Å²) in [6.45, 7) is 1.95. The molecule has 0 atom stereocenters. The van der Waals surface area contributed by atoms with Gasteiger partial charge in [-0.3, -0.25) is 24.0 Å². The second kappa shape index (κ2) is 6.22. The van der Waals surface area contributed by atoms with Crippen molar-refractivity contribution >= 4 is 34.5 Å². The van der Waals surface area contributed by atoms with Gasteiger partial charge in [0.1, 0.15) is 0 Å². The van der Waals surface area contributed by atoms with Crippen molar-refractivity contribution in [2.24, 2.45) is 14.1 Å². The van der Waals surface area contributed by atoms with E-state index in [2.05, 4.69) is 0 Å². The van der Waals surface area contributed by atoms with Crippen LogP contribution in [0.1, 0.15) is 6.92 Å². The number of carbonyl (C=O) groups excluding carboxylic acids is 1. The van der Waals surface area contributed by atoms with Gasteiger partial charge in [-0.1, -0.05) is 0 Å². The highest BCUT2D eigenvalue weighted by Crippen LogP contribution is 2.33. The van der Waals surface area contributed by atoms with Gasteiger partial charge in [-0.2, -0.15) is 0 Å². The first-order chi connectivity index (χ1) is 10.4. The van der Waals surface area contributed by atoms with Gasteiger partial charge in [0.15, 0.2) is 0 Å². The third-order valence-corrected chi connectivity index (χ3v) is 4.22. The molecule has 0 spiro atoms. The average Bonchev–Trinajstić information content (AvgIpc) is 2.69. The molecule has 0 aliphatic rings. The van der Waals surface area contributed by atoms with Crippen molar-refractivity contribution in [3.63, 3.8) is 0 Å². The van der Waals surface area contributed by atoms with E-state index in [0.29, 0.717) is 15.9 Å². The minimum Gasteiger partial charge on any atom is -0.465 e. The van der Waals surface area contributed by atoms with E-state index in [1.54, 1.807) is 27.1 Å². The van der Waals surface area contributed by atoms with E-state index in [4.69, 9.17) is 4.74 Å². The Hall–Kier alpha value is -2.29. The molecule has 1 aromatic heterocycles. The number of hydrogen-bond acceptors (Lipinski definition) is 6. The van der Waals surface area contributed by atoms with E-state index in [-0.39, 0.29) is 23.7 Å². The maximum atomic E-state index is 11.9. The molecule has 0 N–H and O–H groups in total. The van der Waals surface area contributed by atoms with Crippen LogP contribution in [0, 0.1) is 10.1 Å². The number of thioether (sulfide) groups is 1. The summed E-state index contributed by atoms with van der Waals surface area (Å²) in [5, 5.41) is 11.2. The Morgan fingerprint density at radius 1 is 1.32 bits per heavy atom. The highest BCUT2D eigenvalue weighted by atomic mass is 32.2. The molecule has 2 aromatic rings. The fourth-order valence-corrected chi connectivity index (χ4v) is 2.95. The highest BCUT2D eigenvalue weighted by molar-refractivity contribution is 8.00. The van der Waals surface area contributed by atoms with E-state index < -0.39 is 10.9 Å². The first-order valence-electron chi connectivity index (χ1n) is 6.49. The van der Waals surface area contributed by atoms with Crippen LogP contribution in [0.2, 0.25) is 0 Å². The van der Waals surface area contributed by atoms with Crippen LogP contribution in [0.15, 0.2) is 21.8 Å². The highest BCUT2D eigenvalue weighted by Gasteiger charge is 2.20. The van der Waals surface area contributed by atoms with Gasteiger partial charge in [-0.15, -0.1) is 11.8 Å². The number of nitro benzene ring substituents is 1. The summed E-state index contributed by atoms with van der Waals surface area (Å²) >= 11 is 1.02. The van der Waals surface area contributed by atoms with Gasteiger partial charge in [0.25, 0.3) is 5.69 Å². The summed E-state index contributed by atoms with van der Waals surface area (Å²) in [7, 11) is 3.15. The number of imidazole rings is 1. The quantitative estimate of drug-likeness (QED) is 0.357. The number of benzene rings is 1. The fourth-order valence-electron chi connectivity index (χ4n) is 2.11. The van der Waals surface area contributed by atoms with Gasteiger partial charge in [0.05, 0.1) is 33.2 Å². The molecule has 1 aromatic carbocycles. The Morgan fingerprint density at radius 3 is 2.45 bits per heavy atom. The Bertz CT molecular complexity index is 808. The molecule has 0 fully saturated rings. The van der Waals surface area contributed by atoms with Gasteiger partial charge >= 0.3 is 11.7 Å². The molecule has 0 unspecified atom stereocenters. The zero-order valence-electron chi connectivity index (χ0n) is 12.4. The summed E-state index contributed by atoms with van der Waals surface area (Å²) in [5.41, 5.74) is 0.643. The molecule has 0 aliphatic heterocycles. The molecule has 0 radical (unpaired) electrons. The SMILES string of the molecule is CCOC(=O)CSc1cc2c(cc1[N+](=O)[O-])n(C)c(=O)n2C. The smallest absolute Gasteiger partial charge is 0.328 e. The first-order valence-corrected chi connectivity index (χ1v) is 7.47. The normalized spacial score (nSPS) is 10.9. The van der Waals surface area contributed by atoms with Crippen LogP contribution in [-0.4, -0.2) is 32.4 Å². The number of hydrogen-bond donors (Lipinski definition) is 0. The Balaban J connectivity index is 2.50. The van der Waals surface area contributed by atoms with Crippen LogP contribution in [0.5, 0.6) is 0 Å². The van der Waals surface area contributed by atoms with Crippen molar-refractivity contribution in [2.45, 2.75) is 11.8 Å². The van der Waals surface area contributed by atoms with Crippen molar-refractivity contribution in [1.29, 1.82) is 0 Å². The second-order valence-electron chi connectivity index (χ2n) is 4.56. The number of esters is 1. The lowest BCUT2D eigenvalue weighted by atomic mass is 10.2. The standard InChI is InChI=1S/C13H15N3O5S/c1-4-21-12(17)7-22-11-6-9-8(5-10(11)16(19)20)14(2)13(18)15(9)3/h5-6H,4,7H2,1-3H3. The van der Waals surface area contributed by atoms with Crippen molar-refractivity contribution in [3.8, 4) is 0 Å². The van der Waals surface area contributed by atoms with Crippen molar-refractivity contribution < 1.29 is 14.5 Å². The van der Waals surface area contributed by atoms with E-state index >= 15 is 0 Å². The molecule has 22 heavy (non-hydrogen) atoms. The van der Waals surface area contributed by atoms with Crippen LogP contribution in [-0.2, 0) is 23.6 Å². The summed E-state index contributed by atoms with van der Waals surface area (Å²) in [6.07, 6.45) is 0. The Kier molecular flexibility index (Phi) is 4.55. The zero-order chi connectivity index (χ0) is 16.4. The van der Waals surface area contributed by atoms with E-state index in [0.717, 1.165) is 11.8 Å². The average molecular weight is 325 g/mol. The predicted octanol–water partition coefficient (Wildman–Crippen LogP) is 1.44. The lowest BCUT2D eigenvalue weighted by Gasteiger charge is -2.05. The number of carbonyl (C=O) groups is 1. The third kappa shape index (κ3) is 2.84. The molecule has 2 rings (SSSR count). The molecular formula is C13H15N3O5S. The molecule has 0 aliphatic carbocycles. The predicted molar refractivity (Wildman–Crippen MR) is 82.2 cm³/mol. The number of fused-ring (bicyclic) bond motifs is 1. The topological polar surface area (TPSA) is 96.4 Å². The monoisotopic (exact) mass is 325 g/mol. The van der Waals surface area contributed by atoms with Crippen LogP contribution in [0.25, 0.3) is 11.0 Å². The maximum absolute atomic E-state index is 11.9. The van der Waals surface area contributed by atoms with Crippen LogP contribution < -0.4 is 5.69 Å². The number of rotatable bonds is 5. The zero-order valence-corrected chi connectivity index (χ0v) is 13.2. The van der Waals surface area contributed by atoms with E-state index in [1.807, 2.05) is 0 Å². The minimum absolute atomic E-state index is 0.0268. The summed E-state index contributed by atoms with van der Waals surface area (Å²) in [4.78, 5) is 34.3. The minimum atomic E-state index is -0.523. The summed E-state index contributed by atoms with van der Waals surface area (Å²) < 4.78 is 7.57. The van der Waals surface area contributed by atoms with Crippen molar-refractivity contribution in [2.75, 3.05) is 12.4 Å². The van der Waals surface area contributed by atoms with Gasteiger partial charge in [-0.25, -0.2) is 4.79 Å². The van der Waals surface area contributed by atoms with Gasteiger partial charge in [-0.05, 0) is 13.0 Å². The number of aromatic nitrogens is 2. The van der Waals surface area contributed by atoms with Crippen molar-refractivity contribution in [1.82, 2.24) is 9.13 Å². The number of nitrogens with zero attached hydrogens (tertiary/aromatic N) is 3. The van der Waals surface area contributed by atoms with E-state index in [1.165, 1.54) is 15.2 Å². The lowest BCUT2D eigenvalue weighted by molar-refractivity contribution is -0.387. The molecule has 0 amide bonds.